The molecule has 0 aromatic rings. The standard InChI is InChI=1S/C17H27IO3/c1-2-3-4-5-6-7-8-17(19)13-11-9-10-12(13)16(21-17)20-15(10)14(11)18/h10-16,19H,2-9H2,1H3/t10-,11+,12-,13?,14+,15+,16+,17?/m1/s1. The number of unbranched alkanes of at least 4 members (excludes halogenated alkanes) is 5. The minimum Gasteiger partial charge on any atom is -0.365 e. The van der Waals surface area contributed by atoms with Crippen molar-refractivity contribution in [1.29, 1.82) is 0 Å². The third-order valence-corrected chi connectivity index (χ3v) is 8.03. The minimum atomic E-state index is -0.895. The average molecular weight is 406 g/mol. The van der Waals surface area contributed by atoms with E-state index in [0.717, 1.165) is 12.8 Å². The van der Waals surface area contributed by atoms with Crippen molar-refractivity contribution >= 4 is 22.6 Å². The second-order valence-corrected chi connectivity index (χ2v) is 9.00. The van der Waals surface area contributed by atoms with E-state index in [9.17, 15) is 5.11 Å². The quantitative estimate of drug-likeness (QED) is 0.397. The largest absolute Gasteiger partial charge is 0.365 e. The molecule has 8 atom stereocenters. The van der Waals surface area contributed by atoms with E-state index in [1.165, 1.54) is 38.5 Å². The van der Waals surface area contributed by atoms with Gasteiger partial charge >= 0.3 is 0 Å². The summed E-state index contributed by atoms with van der Waals surface area (Å²) in [5, 5.41) is 11.1. The van der Waals surface area contributed by atoms with Gasteiger partial charge in [-0.05, 0) is 24.7 Å². The summed E-state index contributed by atoms with van der Waals surface area (Å²) in [5.74, 6) is 1.20. The molecule has 2 bridgehead atoms. The van der Waals surface area contributed by atoms with Gasteiger partial charge in [0.25, 0.3) is 0 Å². The maximum absolute atomic E-state index is 11.1. The summed E-state index contributed by atoms with van der Waals surface area (Å²) >= 11 is 2.56. The van der Waals surface area contributed by atoms with Crippen molar-refractivity contribution in [2.45, 2.75) is 80.4 Å². The van der Waals surface area contributed by atoms with Gasteiger partial charge in [0.15, 0.2) is 12.1 Å². The Labute approximate surface area is 141 Å². The molecule has 2 aliphatic heterocycles. The Bertz CT molecular complexity index is 403. The predicted octanol–water partition coefficient (Wildman–Crippen LogP) is 3.87. The molecule has 0 radical (unpaired) electrons. The number of rotatable bonds is 7. The monoisotopic (exact) mass is 406 g/mol. The molecule has 1 N–H and O–H groups in total. The van der Waals surface area contributed by atoms with Crippen molar-refractivity contribution in [3.63, 3.8) is 0 Å². The fourth-order valence-electron chi connectivity index (χ4n) is 5.53. The summed E-state index contributed by atoms with van der Waals surface area (Å²) in [7, 11) is 0. The van der Waals surface area contributed by atoms with Crippen molar-refractivity contribution in [2.24, 2.45) is 23.7 Å². The number of aliphatic hydroxyl groups is 1. The Kier molecular flexibility index (Phi) is 4.04. The van der Waals surface area contributed by atoms with E-state index >= 15 is 0 Å². The van der Waals surface area contributed by atoms with Crippen molar-refractivity contribution in [2.75, 3.05) is 0 Å². The lowest BCUT2D eigenvalue weighted by Crippen LogP contribution is -2.46. The SMILES string of the molecule is CCCCCCCCC1(O)O[C@@H]2O[C@@H]3[C@@H](I)[C@H]4C[C@@H]3[C@@H]2C41. The molecule has 0 aromatic heterocycles. The fourth-order valence-corrected chi connectivity index (χ4v) is 6.97. The van der Waals surface area contributed by atoms with Gasteiger partial charge in [0.05, 0.1) is 6.10 Å². The molecule has 21 heavy (non-hydrogen) atoms. The topological polar surface area (TPSA) is 38.7 Å². The van der Waals surface area contributed by atoms with Crippen LogP contribution in [0.25, 0.3) is 0 Å². The molecule has 4 heteroatoms. The maximum Gasteiger partial charge on any atom is 0.172 e. The Hall–Kier alpha value is 0.610. The van der Waals surface area contributed by atoms with Crippen LogP contribution < -0.4 is 0 Å². The van der Waals surface area contributed by atoms with Crippen molar-refractivity contribution in [3.05, 3.63) is 0 Å². The van der Waals surface area contributed by atoms with Gasteiger partial charge in [-0.2, -0.15) is 0 Å². The fraction of sp³-hybridized carbons (Fsp3) is 1.00. The summed E-state index contributed by atoms with van der Waals surface area (Å²) in [4.78, 5) is 0. The van der Waals surface area contributed by atoms with Crippen LogP contribution in [0, 0.1) is 23.7 Å². The maximum atomic E-state index is 11.1. The predicted molar refractivity (Wildman–Crippen MR) is 89.1 cm³/mol. The molecular weight excluding hydrogens is 379 g/mol. The van der Waals surface area contributed by atoms with Crippen molar-refractivity contribution in [1.82, 2.24) is 0 Å². The molecule has 2 saturated carbocycles. The lowest BCUT2D eigenvalue weighted by Gasteiger charge is -2.37. The van der Waals surface area contributed by atoms with E-state index in [1.807, 2.05) is 0 Å². The van der Waals surface area contributed by atoms with Crippen LogP contribution in [-0.4, -0.2) is 27.2 Å². The Morgan fingerprint density at radius 1 is 1.14 bits per heavy atom. The third-order valence-electron chi connectivity index (χ3n) is 6.39. The first-order valence-electron chi connectivity index (χ1n) is 8.85. The lowest BCUT2D eigenvalue weighted by molar-refractivity contribution is -0.276. The van der Waals surface area contributed by atoms with Crippen molar-refractivity contribution < 1.29 is 14.6 Å². The second-order valence-electron chi connectivity index (χ2n) is 7.56. The summed E-state index contributed by atoms with van der Waals surface area (Å²) in [6.45, 7) is 2.25. The molecule has 2 unspecified atom stereocenters. The first kappa shape index (κ1) is 15.2. The summed E-state index contributed by atoms with van der Waals surface area (Å²) < 4.78 is 12.7. The molecule has 0 aromatic carbocycles. The van der Waals surface area contributed by atoms with Crippen molar-refractivity contribution in [3.8, 4) is 0 Å². The highest BCUT2D eigenvalue weighted by Gasteiger charge is 2.74. The zero-order chi connectivity index (χ0) is 14.6. The van der Waals surface area contributed by atoms with Gasteiger partial charge in [0.1, 0.15) is 0 Å². The van der Waals surface area contributed by atoms with Crippen LogP contribution in [0.3, 0.4) is 0 Å². The van der Waals surface area contributed by atoms with Crippen LogP contribution >= 0.6 is 22.6 Å². The number of halogens is 1. The van der Waals surface area contributed by atoms with E-state index < -0.39 is 5.79 Å². The van der Waals surface area contributed by atoms with Crippen LogP contribution in [0.15, 0.2) is 0 Å². The molecule has 4 fully saturated rings. The average Bonchev–Trinajstić information content (AvgIpc) is 3.12. The molecule has 3 nitrogen and oxygen atoms in total. The first-order chi connectivity index (χ1) is 10.2. The molecular formula is C17H27IO3. The molecule has 0 spiro atoms. The van der Waals surface area contributed by atoms with Gasteiger partial charge < -0.3 is 14.6 Å². The Morgan fingerprint density at radius 3 is 2.71 bits per heavy atom. The van der Waals surface area contributed by atoms with Gasteiger partial charge in [-0.15, -0.1) is 0 Å². The van der Waals surface area contributed by atoms with Crippen LogP contribution in [-0.2, 0) is 9.47 Å². The number of hydrogen-bond acceptors (Lipinski definition) is 3. The Morgan fingerprint density at radius 2 is 1.90 bits per heavy atom. The minimum absolute atomic E-state index is 0.111. The van der Waals surface area contributed by atoms with Gasteiger partial charge in [-0.3, -0.25) is 0 Å². The highest BCUT2D eigenvalue weighted by Crippen LogP contribution is 2.68. The van der Waals surface area contributed by atoms with E-state index in [0.29, 0.717) is 33.7 Å². The lowest BCUT2D eigenvalue weighted by atomic mass is 9.75. The van der Waals surface area contributed by atoms with Crippen LogP contribution in [0.2, 0.25) is 0 Å². The zero-order valence-electron chi connectivity index (χ0n) is 12.8. The first-order valence-corrected chi connectivity index (χ1v) is 10.1. The molecule has 4 aliphatic rings. The summed E-state index contributed by atoms with van der Waals surface area (Å²) in [6.07, 6.45) is 9.91. The third kappa shape index (κ3) is 2.23. The van der Waals surface area contributed by atoms with Gasteiger partial charge in [0, 0.05) is 22.2 Å². The van der Waals surface area contributed by atoms with Gasteiger partial charge in [0.2, 0.25) is 0 Å². The van der Waals surface area contributed by atoms with Gasteiger partial charge in [-0.1, -0.05) is 61.6 Å². The summed E-state index contributed by atoms with van der Waals surface area (Å²) in [5.41, 5.74) is 0. The van der Waals surface area contributed by atoms with Crippen LogP contribution in [0.5, 0.6) is 0 Å². The highest BCUT2D eigenvalue weighted by atomic mass is 127. The van der Waals surface area contributed by atoms with E-state index in [2.05, 4.69) is 29.5 Å². The van der Waals surface area contributed by atoms with Crippen LogP contribution in [0.1, 0.15) is 58.3 Å². The Balaban J connectivity index is 1.36. The molecule has 2 heterocycles. The van der Waals surface area contributed by atoms with E-state index in [4.69, 9.17) is 9.47 Å². The smallest absolute Gasteiger partial charge is 0.172 e. The molecule has 120 valence electrons. The molecule has 2 aliphatic carbocycles. The molecule has 2 saturated heterocycles. The number of fused-ring (bicyclic) bond motifs is 2. The number of hydrogen-bond donors (Lipinski definition) is 1. The van der Waals surface area contributed by atoms with E-state index in [-0.39, 0.29) is 6.29 Å². The highest BCUT2D eigenvalue weighted by molar-refractivity contribution is 14.1. The van der Waals surface area contributed by atoms with Crippen LogP contribution in [0.4, 0.5) is 0 Å². The van der Waals surface area contributed by atoms with Gasteiger partial charge in [-0.25, -0.2) is 0 Å². The molecule has 0 amide bonds. The number of ether oxygens (including phenoxy) is 2. The van der Waals surface area contributed by atoms with E-state index in [1.54, 1.807) is 0 Å². The second kappa shape index (κ2) is 5.60. The zero-order valence-corrected chi connectivity index (χ0v) is 15.0. The summed E-state index contributed by atoms with van der Waals surface area (Å²) in [6, 6.07) is 0. The normalized spacial score (nSPS) is 53.0. The molecule has 4 rings (SSSR count). The number of alkyl halides is 1.